The van der Waals surface area contributed by atoms with E-state index in [1.807, 2.05) is 32.2 Å². The Balaban J connectivity index is 2.13. The van der Waals surface area contributed by atoms with Gasteiger partial charge in [-0.2, -0.15) is 0 Å². The van der Waals surface area contributed by atoms with Crippen molar-refractivity contribution in [3.63, 3.8) is 0 Å². The molecule has 8 heteroatoms. The van der Waals surface area contributed by atoms with Crippen LogP contribution in [-0.4, -0.2) is 38.6 Å². The molecule has 0 saturated heterocycles. The van der Waals surface area contributed by atoms with Crippen LogP contribution in [0.4, 0.5) is 11.4 Å². The molecule has 1 atom stereocenters. The number of nitrogens with one attached hydrogen (secondary N) is 2. The first-order valence-electron chi connectivity index (χ1n) is 8.84. The second-order valence-electron chi connectivity index (χ2n) is 6.67. The van der Waals surface area contributed by atoms with Crippen molar-refractivity contribution >= 4 is 17.3 Å². The maximum atomic E-state index is 12.5. The van der Waals surface area contributed by atoms with E-state index in [1.54, 1.807) is 27.2 Å². The van der Waals surface area contributed by atoms with Gasteiger partial charge in [-0.3, -0.25) is 14.9 Å². The van der Waals surface area contributed by atoms with Gasteiger partial charge in [0.2, 0.25) is 0 Å². The van der Waals surface area contributed by atoms with Gasteiger partial charge in [-0.25, -0.2) is 0 Å². The van der Waals surface area contributed by atoms with E-state index in [4.69, 9.17) is 9.47 Å². The average molecular weight is 388 g/mol. The average Bonchev–Trinajstić information content (AvgIpc) is 2.64. The summed E-state index contributed by atoms with van der Waals surface area (Å²) in [6, 6.07) is 8.68. The Labute approximate surface area is 164 Å². The second kappa shape index (κ2) is 9.18. The molecule has 150 valence electrons. The first kappa shape index (κ1) is 21.2. The molecule has 1 amide bonds. The Morgan fingerprint density at radius 3 is 2.50 bits per heavy atom. The Hall–Kier alpha value is -3.13. The molecule has 0 aromatic heterocycles. The van der Waals surface area contributed by atoms with Crippen LogP contribution in [-0.2, 0) is 11.3 Å². The summed E-state index contributed by atoms with van der Waals surface area (Å²) in [5.74, 6) is 0.967. The van der Waals surface area contributed by atoms with Gasteiger partial charge < -0.3 is 19.7 Å². The van der Waals surface area contributed by atoms with Crippen LogP contribution >= 0.6 is 0 Å². The molecule has 0 saturated carbocycles. The van der Waals surface area contributed by atoms with E-state index in [2.05, 4.69) is 5.32 Å². The number of rotatable bonds is 8. The Morgan fingerprint density at radius 2 is 1.89 bits per heavy atom. The monoisotopic (exact) mass is 388 g/mol. The molecule has 1 unspecified atom stereocenters. The molecule has 2 aromatic carbocycles. The van der Waals surface area contributed by atoms with Gasteiger partial charge in [-0.1, -0.05) is 12.1 Å². The first-order valence-corrected chi connectivity index (χ1v) is 8.84. The summed E-state index contributed by atoms with van der Waals surface area (Å²) in [7, 11) is 5.02. The number of carbonyl (C=O) groups excluding carboxylic acids is 1. The number of likely N-dealkylation sites (N-methyl/N-ethyl adjacent to an activating group) is 1. The fraction of sp³-hybridized carbons (Fsp3) is 0.350. The molecule has 0 heterocycles. The van der Waals surface area contributed by atoms with Crippen molar-refractivity contribution in [2.75, 3.05) is 33.1 Å². The summed E-state index contributed by atoms with van der Waals surface area (Å²) < 4.78 is 10.7. The van der Waals surface area contributed by atoms with Gasteiger partial charge in [0.1, 0.15) is 12.2 Å². The number of nitrogens with zero attached hydrogens (tertiary/aromatic N) is 1. The highest BCUT2D eigenvalue weighted by atomic mass is 16.6. The largest absolute Gasteiger partial charge is 0.493 e. The number of carbonyl (C=O) groups is 1. The van der Waals surface area contributed by atoms with Crippen molar-refractivity contribution in [1.82, 2.24) is 0 Å². The number of nitro groups is 1. The molecule has 2 rings (SSSR count). The number of nitro benzene ring substituents is 1. The lowest BCUT2D eigenvalue weighted by molar-refractivity contribution is -0.885. The van der Waals surface area contributed by atoms with Crippen LogP contribution in [0.25, 0.3) is 0 Å². The summed E-state index contributed by atoms with van der Waals surface area (Å²) in [6.45, 7) is 4.28. The number of quaternary nitrogens is 1. The van der Waals surface area contributed by atoms with E-state index in [0.717, 1.165) is 16.0 Å². The van der Waals surface area contributed by atoms with Crippen molar-refractivity contribution in [3.8, 4) is 11.5 Å². The van der Waals surface area contributed by atoms with E-state index in [1.165, 1.54) is 6.07 Å². The molecule has 2 aromatic rings. The van der Waals surface area contributed by atoms with Gasteiger partial charge in [0, 0.05) is 6.07 Å². The minimum atomic E-state index is -0.486. The molecule has 0 fully saturated rings. The third kappa shape index (κ3) is 4.77. The van der Waals surface area contributed by atoms with Crippen LogP contribution in [0.2, 0.25) is 0 Å². The Morgan fingerprint density at radius 1 is 1.18 bits per heavy atom. The van der Waals surface area contributed by atoms with Crippen molar-refractivity contribution in [1.29, 1.82) is 0 Å². The summed E-state index contributed by atoms with van der Waals surface area (Å²) in [6.07, 6.45) is 0. The lowest BCUT2D eigenvalue weighted by Crippen LogP contribution is -3.08. The van der Waals surface area contributed by atoms with Gasteiger partial charge in [-0.15, -0.1) is 0 Å². The van der Waals surface area contributed by atoms with Crippen molar-refractivity contribution in [3.05, 3.63) is 57.1 Å². The molecule has 0 aliphatic carbocycles. The smallest absolute Gasteiger partial charge is 0.293 e. The molecule has 0 spiro atoms. The number of amides is 1. The first-order chi connectivity index (χ1) is 13.3. The van der Waals surface area contributed by atoms with Crippen LogP contribution in [0, 0.1) is 24.0 Å². The van der Waals surface area contributed by atoms with Crippen molar-refractivity contribution < 1.29 is 24.1 Å². The number of hydrogen-bond acceptors (Lipinski definition) is 5. The highest BCUT2D eigenvalue weighted by Gasteiger charge is 2.21. The number of hydrogen-bond donors (Lipinski definition) is 2. The summed E-state index contributed by atoms with van der Waals surface area (Å²) in [5.41, 5.74) is 2.62. The van der Waals surface area contributed by atoms with E-state index in [9.17, 15) is 14.9 Å². The molecule has 0 bridgehead atoms. The second-order valence-corrected chi connectivity index (χ2v) is 6.67. The predicted octanol–water partition coefficient (Wildman–Crippen LogP) is 1.88. The molecule has 28 heavy (non-hydrogen) atoms. The number of methoxy groups -OCH3 is 2. The maximum Gasteiger partial charge on any atom is 0.293 e. The molecule has 0 radical (unpaired) electrons. The lowest BCUT2D eigenvalue weighted by atomic mass is 10.1. The zero-order valence-corrected chi connectivity index (χ0v) is 16.8. The van der Waals surface area contributed by atoms with Gasteiger partial charge in [-0.05, 0) is 37.1 Å². The van der Waals surface area contributed by atoms with E-state index in [-0.39, 0.29) is 23.8 Å². The molecule has 0 aliphatic heterocycles. The quantitative estimate of drug-likeness (QED) is 0.532. The van der Waals surface area contributed by atoms with Gasteiger partial charge in [0.15, 0.2) is 18.0 Å². The van der Waals surface area contributed by atoms with E-state index >= 15 is 0 Å². The van der Waals surface area contributed by atoms with E-state index in [0.29, 0.717) is 23.6 Å². The lowest BCUT2D eigenvalue weighted by Gasteiger charge is -2.17. The molecule has 2 N–H and O–H groups in total. The van der Waals surface area contributed by atoms with Crippen LogP contribution in [0.15, 0.2) is 30.3 Å². The van der Waals surface area contributed by atoms with Gasteiger partial charge in [0.05, 0.1) is 31.8 Å². The Bertz CT molecular complexity index is 882. The topological polar surface area (TPSA) is 95.1 Å². The van der Waals surface area contributed by atoms with Crippen LogP contribution in [0.5, 0.6) is 11.5 Å². The standard InChI is InChI=1S/C20H25N3O5/c1-13-9-10-16(23(25)26)19(14(13)2)21-18(24)12-22(3)11-15-7-6-8-17(27-4)20(15)28-5/h6-10H,11-12H2,1-5H3,(H,21,24)/p+1. The molecular weight excluding hydrogens is 362 g/mol. The Kier molecular flexibility index (Phi) is 6.94. The fourth-order valence-electron chi connectivity index (χ4n) is 3.05. The zero-order valence-electron chi connectivity index (χ0n) is 16.8. The minimum Gasteiger partial charge on any atom is -0.493 e. The van der Waals surface area contributed by atoms with Crippen molar-refractivity contribution in [2.45, 2.75) is 20.4 Å². The number of ether oxygens (including phenoxy) is 2. The third-order valence-electron chi connectivity index (χ3n) is 4.61. The summed E-state index contributed by atoms with van der Waals surface area (Å²) in [4.78, 5) is 24.2. The van der Waals surface area contributed by atoms with Crippen LogP contribution in [0.3, 0.4) is 0 Å². The number of para-hydroxylation sites is 1. The third-order valence-corrected chi connectivity index (χ3v) is 4.61. The van der Waals surface area contributed by atoms with Gasteiger partial charge >= 0.3 is 0 Å². The minimum absolute atomic E-state index is 0.108. The molecule has 0 aliphatic rings. The predicted molar refractivity (Wildman–Crippen MR) is 106 cm³/mol. The molecular formula is C20H26N3O5+. The highest BCUT2D eigenvalue weighted by molar-refractivity contribution is 5.95. The number of benzene rings is 2. The molecule has 8 nitrogen and oxygen atoms in total. The number of aryl methyl sites for hydroxylation is 1. The van der Waals surface area contributed by atoms with Gasteiger partial charge in [0.25, 0.3) is 11.6 Å². The number of anilines is 1. The fourth-order valence-corrected chi connectivity index (χ4v) is 3.05. The normalized spacial score (nSPS) is 11.6. The van der Waals surface area contributed by atoms with E-state index < -0.39 is 4.92 Å². The summed E-state index contributed by atoms with van der Waals surface area (Å²) >= 11 is 0. The maximum absolute atomic E-state index is 12.5. The van der Waals surface area contributed by atoms with Crippen LogP contribution in [0.1, 0.15) is 16.7 Å². The SMILES string of the molecule is COc1cccc(C[NH+](C)CC(=O)Nc2c([N+](=O)[O-])ccc(C)c2C)c1OC. The van der Waals surface area contributed by atoms with Crippen LogP contribution < -0.4 is 19.7 Å². The highest BCUT2D eigenvalue weighted by Crippen LogP contribution is 2.31. The zero-order chi connectivity index (χ0) is 20.8. The van der Waals surface area contributed by atoms with Crippen molar-refractivity contribution in [2.24, 2.45) is 0 Å². The summed E-state index contributed by atoms with van der Waals surface area (Å²) in [5, 5.41) is 14.0.